The molecule has 0 saturated carbocycles. The predicted molar refractivity (Wildman–Crippen MR) is 77.8 cm³/mol. The zero-order valence-corrected chi connectivity index (χ0v) is 12.1. The van der Waals surface area contributed by atoms with E-state index < -0.39 is 15.8 Å². The van der Waals surface area contributed by atoms with Crippen LogP contribution in [-0.2, 0) is 16.4 Å². The minimum Gasteiger partial charge on any atom is -0.478 e. The summed E-state index contributed by atoms with van der Waals surface area (Å²) in [6.07, 6.45) is 2.28. The molecule has 108 valence electrons. The molecule has 2 aromatic rings. The maximum absolute atomic E-state index is 11.5. The number of benzene rings is 1. The Balaban J connectivity index is 2.25. The Kier molecular flexibility index (Phi) is 4.13. The summed E-state index contributed by atoms with van der Waals surface area (Å²) in [7, 11) is -2.98. The van der Waals surface area contributed by atoms with Crippen LogP contribution in [0.25, 0.3) is 10.9 Å². The molecule has 0 bridgehead atoms. The van der Waals surface area contributed by atoms with Gasteiger partial charge >= 0.3 is 5.97 Å². The van der Waals surface area contributed by atoms with Gasteiger partial charge in [0.25, 0.3) is 0 Å². The van der Waals surface area contributed by atoms with E-state index in [4.69, 9.17) is 0 Å². The second-order valence-electron chi connectivity index (χ2n) is 4.65. The third-order valence-corrected chi connectivity index (χ3v) is 5.10. The first kappa shape index (κ1) is 14.6. The lowest BCUT2D eigenvalue weighted by Crippen LogP contribution is -2.11. The lowest BCUT2D eigenvalue weighted by Gasteiger charge is -2.07. The van der Waals surface area contributed by atoms with Crippen molar-refractivity contribution in [2.24, 2.45) is 0 Å². The Hall–Kier alpha value is -1.82. The monoisotopic (exact) mass is 295 g/mol. The smallest absolute Gasteiger partial charge is 0.337 e. The number of hydrogen-bond acceptors (Lipinski definition) is 3. The van der Waals surface area contributed by atoms with Gasteiger partial charge in [-0.1, -0.05) is 19.1 Å². The summed E-state index contributed by atoms with van der Waals surface area (Å²) in [5.41, 5.74) is 0.889. The molecule has 1 aromatic carbocycles. The number of carboxylic acid groups (broad SMARTS) is 1. The molecule has 0 spiro atoms. The topological polar surface area (TPSA) is 76.4 Å². The normalized spacial score (nSPS) is 11.8. The molecule has 1 N–H and O–H groups in total. The van der Waals surface area contributed by atoms with Crippen LogP contribution in [0.4, 0.5) is 0 Å². The maximum Gasteiger partial charge on any atom is 0.337 e. The predicted octanol–water partition coefficient (Wildman–Crippen LogP) is 2.16. The summed E-state index contributed by atoms with van der Waals surface area (Å²) in [6, 6.07) is 6.96. The average Bonchev–Trinajstić information content (AvgIpc) is 2.82. The van der Waals surface area contributed by atoms with Crippen LogP contribution in [-0.4, -0.2) is 35.6 Å². The number of hydrogen-bond donors (Lipinski definition) is 1. The summed E-state index contributed by atoms with van der Waals surface area (Å²) in [6.45, 7) is 2.12. The van der Waals surface area contributed by atoms with Crippen molar-refractivity contribution >= 4 is 26.7 Å². The molecule has 1 aromatic heterocycles. The minimum absolute atomic E-state index is 0.123. The van der Waals surface area contributed by atoms with E-state index in [0.29, 0.717) is 18.5 Å². The first-order valence-electron chi connectivity index (χ1n) is 6.46. The van der Waals surface area contributed by atoms with Crippen molar-refractivity contribution in [1.82, 2.24) is 4.57 Å². The van der Waals surface area contributed by atoms with Crippen LogP contribution in [0.3, 0.4) is 0 Å². The highest BCUT2D eigenvalue weighted by molar-refractivity contribution is 7.91. The molecular formula is C14H17NO4S. The molecular weight excluding hydrogens is 278 g/mol. The van der Waals surface area contributed by atoms with Gasteiger partial charge in [-0.3, -0.25) is 0 Å². The number of aromatic carboxylic acids is 1. The van der Waals surface area contributed by atoms with Crippen molar-refractivity contribution in [1.29, 1.82) is 0 Å². The lowest BCUT2D eigenvalue weighted by molar-refractivity contribution is 0.0698. The fourth-order valence-corrected chi connectivity index (χ4v) is 3.08. The molecule has 5 nitrogen and oxygen atoms in total. The highest BCUT2D eigenvalue weighted by atomic mass is 32.2. The Morgan fingerprint density at radius 3 is 2.70 bits per heavy atom. The van der Waals surface area contributed by atoms with Crippen LogP contribution in [0.1, 0.15) is 23.7 Å². The number of carbonyl (C=O) groups is 1. The Labute approximate surface area is 117 Å². The van der Waals surface area contributed by atoms with Crippen molar-refractivity contribution in [2.75, 3.05) is 11.5 Å². The van der Waals surface area contributed by atoms with Gasteiger partial charge in [0.1, 0.15) is 9.84 Å². The first-order chi connectivity index (χ1) is 9.44. The van der Waals surface area contributed by atoms with Gasteiger partial charge in [-0.2, -0.15) is 0 Å². The second kappa shape index (κ2) is 5.66. The number of fused-ring (bicyclic) bond motifs is 1. The van der Waals surface area contributed by atoms with E-state index in [-0.39, 0.29) is 17.1 Å². The van der Waals surface area contributed by atoms with Crippen molar-refractivity contribution < 1.29 is 18.3 Å². The quantitative estimate of drug-likeness (QED) is 0.886. The van der Waals surface area contributed by atoms with E-state index in [2.05, 4.69) is 0 Å². The van der Waals surface area contributed by atoms with Crippen molar-refractivity contribution in [3.63, 3.8) is 0 Å². The molecule has 0 aliphatic rings. The van der Waals surface area contributed by atoms with Gasteiger partial charge < -0.3 is 9.67 Å². The van der Waals surface area contributed by atoms with Gasteiger partial charge in [0.05, 0.1) is 16.8 Å². The van der Waals surface area contributed by atoms with Crippen LogP contribution < -0.4 is 0 Å². The van der Waals surface area contributed by atoms with Gasteiger partial charge in [-0.05, 0) is 18.6 Å². The highest BCUT2D eigenvalue weighted by Gasteiger charge is 2.13. The number of aryl methyl sites for hydroxylation is 1. The van der Waals surface area contributed by atoms with Crippen LogP contribution in [0.2, 0.25) is 0 Å². The Morgan fingerprint density at radius 2 is 2.05 bits per heavy atom. The van der Waals surface area contributed by atoms with Crippen molar-refractivity contribution in [3.8, 4) is 0 Å². The molecule has 6 heteroatoms. The molecule has 0 unspecified atom stereocenters. The molecule has 20 heavy (non-hydrogen) atoms. The largest absolute Gasteiger partial charge is 0.478 e. The third-order valence-electron chi connectivity index (χ3n) is 3.31. The minimum atomic E-state index is -2.98. The van der Waals surface area contributed by atoms with Crippen LogP contribution in [0.15, 0.2) is 30.5 Å². The number of para-hydroxylation sites is 1. The fourth-order valence-electron chi connectivity index (χ4n) is 2.22. The van der Waals surface area contributed by atoms with Crippen LogP contribution in [0.5, 0.6) is 0 Å². The maximum atomic E-state index is 11.5. The molecule has 0 aliphatic carbocycles. The fraction of sp³-hybridized carbons (Fsp3) is 0.357. The molecule has 0 atom stereocenters. The summed E-state index contributed by atoms with van der Waals surface area (Å²) in [4.78, 5) is 11.2. The Bertz CT molecular complexity index is 731. The summed E-state index contributed by atoms with van der Waals surface area (Å²) in [5.74, 6) is -0.713. The van der Waals surface area contributed by atoms with E-state index in [1.807, 2.05) is 16.7 Å². The SMILES string of the molecule is CCS(=O)(=O)CCCn1ccc2cccc(C(=O)O)c21. The number of rotatable bonds is 6. The molecule has 0 fully saturated rings. The van der Waals surface area contributed by atoms with Gasteiger partial charge in [-0.25, -0.2) is 13.2 Å². The summed E-state index contributed by atoms with van der Waals surface area (Å²) in [5, 5.41) is 10.1. The molecule has 0 amide bonds. The standard InChI is InChI=1S/C14H17NO4S/c1-2-20(18,19)10-4-8-15-9-7-11-5-3-6-12(13(11)15)14(16)17/h3,5-7,9H,2,4,8,10H2,1H3,(H,16,17). The van der Waals surface area contributed by atoms with E-state index >= 15 is 0 Å². The number of aromatic nitrogens is 1. The van der Waals surface area contributed by atoms with Crippen LogP contribution >= 0.6 is 0 Å². The van der Waals surface area contributed by atoms with Gasteiger partial charge in [0.2, 0.25) is 0 Å². The summed E-state index contributed by atoms with van der Waals surface area (Å²) < 4.78 is 24.7. The molecule has 0 aliphatic heterocycles. The van der Waals surface area contributed by atoms with Gasteiger partial charge in [0, 0.05) is 23.9 Å². The number of nitrogens with zero attached hydrogens (tertiary/aromatic N) is 1. The highest BCUT2D eigenvalue weighted by Crippen LogP contribution is 2.21. The zero-order valence-electron chi connectivity index (χ0n) is 11.2. The zero-order chi connectivity index (χ0) is 14.8. The molecule has 0 saturated heterocycles. The second-order valence-corrected chi connectivity index (χ2v) is 7.12. The van der Waals surface area contributed by atoms with Crippen molar-refractivity contribution in [3.05, 3.63) is 36.0 Å². The van der Waals surface area contributed by atoms with E-state index in [1.54, 1.807) is 25.3 Å². The van der Waals surface area contributed by atoms with Gasteiger partial charge in [0.15, 0.2) is 0 Å². The first-order valence-corrected chi connectivity index (χ1v) is 8.28. The molecule has 0 radical (unpaired) electrons. The summed E-state index contributed by atoms with van der Waals surface area (Å²) >= 11 is 0. The average molecular weight is 295 g/mol. The van der Waals surface area contributed by atoms with E-state index in [1.165, 1.54) is 0 Å². The number of carboxylic acids is 1. The van der Waals surface area contributed by atoms with E-state index in [0.717, 1.165) is 5.39 Å². The number of sulfone groups is 1. The van der Waals surface area contributed by atoms with E-state index in [9.17, 15) is 18.3 Å². The third kappa shape index (κ3) is 3.01. The Morgan fingerprint density at radius 1 is 1.30 bits per heavy atom. The van der Waals surface area contributed by atoms with Crippen LogP contribution in [0, 0.1) is 0 Å². The molecule has 1 heterocycles. The molecule has 2 rings (SSSR count). The van der Waals surface area contributed by atoms with Gasteiger partial charge in [-0.15, -0.1) is 0 Å². The van der Waals surface area contributed by atoms with Crippen molar-refractivity contribution in [2.45, 2.75) is 19.9 Å². The lowest BCUT2D eigenvalue weighted by atomic mass is 10.1.